The third-order valence-electron chi connectivity index (χ3n) is 3.78. The first-order valence-electron chi connectivity index (χ1n) is 5.85. The molecule has 2 heteroatoms. The van der Waals surface area contributed by atoms with E-state index in [1.807, 2.05) is 0 Å². The lowest BCUT2D eigenvalue weighted by Gasteiger charge is -2.45. The summed E-state index contributed by atoms with van der Waals surface area (Å²) in [6.45, 7) is 5.93. The molecule has 2 unspecified atom stereocenters. The Balaban J connectivity index is 1.84. The second-order valence-corrected chi connectivity index (χ2v) is 4.76. The summed E-state index contributed by atoms with van der Waals surface area (Å²) in [4.78, 5) is 2.67. The predicted octanol–water partition coefficient (Wildman–Crippen LogP) is 1.64. The number of rotatable bonds is 3. The molecule has 1 heterocycles. The van der Waals surface area contributed by atoms with Crippen molar-refractivity contribution >= 4 is 0 Å². The van der Waals surface area contributed by atoms with E-state index >= 15 is 0 Å². The van der Waals surface area contributed by atoms with Crippen LogP contribution in [0.1, 0.15) is 26.2 Å². The Labute approximate surface area is 87.4 Å². The van der Waals surface area contributed by atoms with Crippen LogP contribution in [0.2, 0.25) is 0 Å². The third kappa shape index (κ3) is 2.01. The van der Waals surface area contributed by atoms with Crippen LogP contribution in [0.4, 0.5) is 0 Å². The van der Waals surface area contributed by atoms with Crippen LogP contribution in [0.15, 0.2) is 11.6 Å². The summed E-state index contributed by atoms with van der Waals surface area (Å²) in [6.07, 6.45) is 6.52. The topological polar surface area (TPSA) is 15.3 Å². The highest BCUT2D eigenvalue weighted by Gasteiger charge is 2.34. The second kappa shape index (κ2) is 4.45. The Morgan fingerprint density at radius 2 is 2.36 bits per heavy atom. The molecule has 80 valence electrons. The van der Waals surface area contributed by atoms with Crippen molar-refractivity contribution in [1.29, 1.82) is 0 Å². The first-order chi connectivity index (χ1) is 6.81. The standard InChI is InChI=1S/C12H22N2/c1-10-5-7-14(8-6-10)12-4-3-11(12)9-13-2/h5,11-13H,3-4,6-9H2,1-2H3. The smallest absolute Gasteiger partial charge is 0.0168 e. The summed E-state index contributed by atoms with van der Waals surface area (Å²) < 4.78 is 0. The molecule has 1 N–H and O–H groups in total. The number of hydrogen-bond donors (Lipinski definition) is 1. The van der Waals surface area contributed by atoms with Gasteiger partial charge in [-0.1, -0.05) is 11.6 Å². The van der Waals surface area contributed by atoms with Crippen LogP contribution in [-0.4, -0.2) is 37.6 Å². The van der Waals surface area contributed by atoms with Crippen LogP contribution >= 0.6 is 0 Å². The lowest BCUT2D eigenvalue weighted by molar-refractivity contribution is 0.0697. The molecule has 0 aromatic carbocycles. The molecule has 0 saturated heterocycles. The van der Waals surface area contributed by atoms with E-state index in [1.165, 1.54) is 38.9 Å². The highest BCUT2D eigenvalue weighted by Crippen LogP contribution is 2.32. The quantitative estimate of drug-likeness (QED) is 0.687. The number of nitrogens with zero attached hydrogens (tertiary/aromatic N) is 1. The summed E-state index contributed by atoms with van der Waals surface area (Å²) in [7, 11) is 2.07. The van der Waals surface area contributed by atoms with Gasteiger partial charge in [-0.05, 0) is 45.7 Å². The van der Waals surface area contributed by atoms with Crippen molar-refractivity contribution in [1.82, 2.24) is 10.2 Å². The zero-order valence-electron chi connectivity index (χ0n) is 9.42. The zero-order chi connectivity index (χ0) is 9.97. The van der Waals surface area contributed by atoms with Gasteiger partial charge in [-0.2, -0.15) is 0 Å². The fourth-order valence-electron chi connectivity index (χ4n) is 2.62. The van der Waals surface area contributed by atoms with Crippen LogP contribution in [0, 0.1) is 5.92 Å². The van der Waals surface area contributed by atoms with Crippen LogP contribution in [-0.2, 0) is 0 Å². The van der Waals surface area contributed by atoms with Crippen molar-refractivity contribution in [2.45, 2.75) is 32.2 Å². The molecule has 1 aliphatic heterocycles. The van der Waals surface area contributed by atoms with Crippen LogP contribution < -0.4 is 5.32 Å². The molecule has 0 spiro atoms. The molecule has 2 nitrogen and oxygen atoms in total. The van der Waals surface area contributed by atoms with Crippen molar-refractivity contribution in [2.75, 3.05) is 26.7 Å². The Hall–Kier alpha value is -0.340. The van der Waals surface area contributed by atoms with E-state index in [2.05, 4.69) is 30.3 Å². The second-order valence-electron chi connectivity index (χ2n) is 4.76. The van der Waals surface area contributed by atoms with Crippen molar-refractivity contribution in [3.63, 3.8) is 0 Å². The van der Waals surface area contributed by atoms with E-state index in [0.29, 0.717) is 0 Å². The van der Waals surface area contributed by atoms with Gasteiger partial charge in [-0.25, -0.2) is 0 Å². The third-order valence-corrected chi connectivity index (χ3v) is 3.78. The zero-order valence-corrected chi connectivity index (χ0v) is 9.42. The van der Waals surface area contributed by atoms with Crippen LogP contribution in [0.25, 0.3) is 0 Å². The summed E-state index contributed by atoms with van der Waals surface area (Å²) in [5.74, 6) is 0.909. The minimum atomic E-state index is 0.867. The van der Waals surface area contributed by atoms with Crippen LogP contribution in [0.3, 0.4) is 0 Å². The van der Waals surface area contributed by atoms with E-state index in [-0.39, 0.29) is 0 Å². The summed E-state index contributed by atoms with van der Waals surface area (Å²) in [5, 5.41) is 3.31. The molecule has 14 heavy (non-hydrogen) atoms. The Morgan fingerprint density at radius 1 is 1.50 bits per heavy atom. The van der Waals surface area contributed by atoms with E-state index in [0.717, 1.165) is 12.0 Å². The minimum absolute atomic E-state index is 0.867. The Morgan fingerprint density at radius 3 is 2.86 bits per heavy atom. The van der Waals surface area contributed by atoms with E-state index in [1.54, 1.807) is 5.57 Å². The summed E-state index contributed by atoms with van der Waals surface area (Å²) in [6, 6.07) is 0.867. The molecule has 0 aromatic rings. The normalized spacial score (nSPS) is 33.7. The van der Waals surface area contributed by atoms with Gasteiger partial charge >= 0.3 is 0 Å². The fourth-order valence-corrected chi connectivity index (χ4v) is 2.62. The molecule has 1 aliphatic carbocycles. The van der Waals surface area contributed by atoms with Crippen LogP contribution in [0.5, 0.6) is 0 Å². The van der Waals surface area contributed by atoms with Gasteiger partial charge in [-0.3, -0.25) is 4.90 Å². The summed E-state index contributed by atoms with van der Waals surface area (Å²) >= 11 is 0. The van der Waals surface area contributed by atoms with E-state index in [4.69, 9.17) is 0 Å². The van der Waals surface area contributed by atoms with E-state index < -0.39 is 0 Å². The molecule has 2 atom stereocenters. The largest absolute Gasteiger partial charge is 0.319 e. The van der Waals surface area contributed by atoms with Crippen molar-refractivity contribution in [3.8, 4) is 0 Å². The molecule has 2 rings (SSSR count). The van der Waals surface area contributed by atoms with Gasteiger partial charge in [0.15, 0.2) is 0 Å². The molecule has 0 aromatic heterocycles. The Kier molecular flexibility index (Phi) is 3.24. The predicted molar refractivity (Wildman–Crippen MR) is 60.4 cm³/mol. The van der Waals surface area contributed by atoms with Gasteiger partial charge in [0.25, 0.3) is 0 Å². The number of hydrogen-bond acceptors (Lipinski definition) is 2. The van der Waals surface area contributed by atoms with Crippen molar-refractivity contribution in [3.05, 3.63) is 11.6 Å². The highest BCUT2D eigenvalue weighted by molar-refractivity contribution is 5.06. The lowest BCUT2D eigenvalue weighted by atomic mass is 9.78. The summed E-state index contributed by atoms with van der Waals surface area (Å²) in [5.41, 5.74) is 1.57. The van der Waals surface area contributed by atoms with Gasteiger partial charge in [0.05, 0.1) is 0 Å². The van der Waals surface area contributed by atoms with Gasteiger partial charge in [-0.15, -0.1) is 0 Å². The molecule has 0 amide bonds. The monoisotopic (exact) mass is 194 g/mol. The Bertz CT molecular complexity index is 222. The van der Waals surface area contributed by atoms with E-state index in [9.17, 15) is 0 Å². The molecule has 1 saturated carbocycles. The molecular weight excluding hydrogens is 172 g/mol. The van der Waals surface area contributed by atoms with Gasteiger partial charge in [0.1, 0.15) is 0 Å². The molecule has 2 aliphatic rings. The maximum absolute atomic E-state index is 3.31. The molecule has 1 fully saturated rings. The lowest BCUT2D eigenvalue weighted by Crippen LogP contribution is -2.51. The highest BCUT2D eigenvalue weighted by atomic mass is 15.2. The average Bonchev–Trinajstić information content (AvgIpc) is 2.16. The fraction of sp³-hybridized carbons (Fsp3) is 0.833. The van der Waals surface area contributed by atoms with Gasteiger partial charge in [0, 0.05) is 19.1 Å². The van der Waals surface area contributed by atoms with Gasteiger partial charge < -0.3 is 5.32 Å². The first-order valence-corrected chi connectivity index (χ1v) is 5.85. The molecule has 0 radical (unpaired) electrons. The van der Waals surface area contributed by atoms with Crippen molar-refractivity contribution < 1.29 is 0 Å². The first kappa shape index (κ1) is 10.2. The van der Waals surface area contributed by atoms with Gasteiger partial charge in [0.2, 0.25) is 0 Å². The molecule has 0 bridgehead atoms. The average molecular weight is 194 g/mol. The van der Waals surface area contributed by atoms with Crippen molar-refractivity contribution in [2.24, 2.45) is 5.92 Å². The SMILES string of the molecule is CNCC1CCC1N1CC=C(C)CC1. The molecular formula is C12H22N2. The minimum Gasteiger partial charge on any atom is -0.319 e. The number of nitrogens with one attached hydrogen (secondary N) is 1. The maximum atomic E-state index is 3.31. The maximum Gasteiger partial charge on any atom is 0.0168 e.